The van der Waals surface area contributed by atoms with Gasteiger partial charge >= 0.3 is 0 Å². The Bertz CT molecular complexity index is 576. The van der Waals surface area contributed by atoms with Gasteiger partial charge in [-0.25, -0.2) is 0 Å². The quantitative estimate of drug-likeness (QED) is 0.883. The van der Waals surface area contributed by atoms with Gasteiger partial charge in [0.05, 0.1) is 15.6 Å². The Morgan fingerprint density at radius 2 is 1.53 bits per heavy atom. The van der Waals surface area contributed by atoms with Crippen molar-refractivity contribution in [3.8, 4) is 0 Å². The first-order valence-corrected chi connectivity index (χ1v) is 6.68. The lowest BCUT2D eigenvalue weighted by Crippen LogP contribution is -2.23. The predicted octanol–water partition coefficient (Wildman–Crippen LogP) is 4.58. The van der Waals surface area contributed by atoms with Gasteiger partial charge in [-0.05, 0) is 29.8 Å². The summed E-state index contributed by atoms with van der Waals surface area (Å²) in [5, 5.41) is 4.09. The zero-order chi connectivity index (χ0) is 13.8. The SMILES string of the molecule is O=C(NCc1ccc(Cl)cc1)c1c(Cl)cccc1Cl. The molecular weight excluding hydrogens is 305 g/mol. The number of halogens is 3. The fourth-order valence-electron chi connectivity index (χ4n) is 1.59. The molecule has 98 valence electrons. The molecule has 0 aliphatic rings. The molecule has 0 atom stereocenters. The minimum absolute atomic E-state index is 0.291. The van der Waals surface area contributed by atoms with Crippen molar-refractivity contribution in [3.63, 3.8) is 0 Å². The molecule has 0 saturated carbocycles. The maximum Gasteiger partial charge on any atom is 0.254 e. The number of nitrogens with one attached hydrogen (secondary N) is 1. The molecule has 2 aromatic carbocycles. The molecule has 5 heteroatoms. The molecule has 0 aromatic heterocycles. The monoisotopic (exact) mass is 313 g/mol. The van der Waals surface area contributed by atoms with Gasteiger partial charge < -0.3 is 5.32 Å². The van der Waals surface area contributed by atoms with Gasteiger partial charge in [0.1, 0.15) is 0 Å². The van der Waals surface area contributed by atoms with Crippen LogP contribution in [0.1, 0.15) is 15.9 Å². The second-order valence-corrected chi connectivity index (χ2v) is 5.16. The number of benzene rings is 2. The average molecular weight is 315 g/mol. The number of carbonyl (C=O) groups is 1. The molecule has 19 heavy (non-hydrogen) atoms. The van der Waals surface area contributed by atoms with Gasteiger partial charge in [0.2, 0.25) is 0 Å². The molecule has 0 bridgehead atoms. The lowest BCUT2D eigenvalue weighted by molar-refractivity contribution is 0.0951. The minimum atomic E-state index is -0.300. The third-order valence-electron chi connectivity index (χ3n) is 2.56. The van der Waals surface area contributed by atoms with E-state index in [1.54, 1.807) is 30.3 Å². The topological polar surface area (TPSA) is 29.1 Å². The summed E-state index contributed by atoms with van der Waals surface area (Å²) < 4.78 is 0. The molecule has 0 heterocycles. The normalized spacial score (nSPS) is 10.3. The van der Waals surface area contributed by atoms with Gasteiger partial charge in [-0.2, -0.15) is 0 Å². The van der Waals surface area contributed by atoms with Crippen molar-refractivity contribution < 1.29 is 4.79 Å². The van der Waals surface area contributed by atoms with E-state index in [0.29, 0.717) is 27.2 Å². The molecule has 2 nitrogen and oxygen atoms in total. The Labute approximate surface area is 126 Å². The van der Waals surface area contributed by atoms with E-state index in [1.807, 2.05) is 12.1 Å². The Hall–Kier alpha value is -1.22. The Morgan fingerprint density at radius 3 is 2.11 bits per heavy atom. The highest BCUT2D eigenvalue weighted by molar-refractivity contribution is 6.39. The first-order chi connectivity index (χ1) is 9.08. The smallest absolute Gasteiger partial charge is 0.254 e. The van der Waals surface area contributed by atoms with E-state index in [2.05, 4.69) is 5.32 Å². The van der Waals surface area contributed by atoms with Gasteiger partial charge in [0.15, 0.2) is 0 Å². The summed E-state index contributed by atoms with van der Waals surface area (Å²) >= 11 is 17.7. The maximum atomic E-state index is 12.0. The van der Waals surface area contributed by atoms with Gasteiger partial charge in [-0.15, -0.1) is 0 Å². The first-order valence-electron chi connectivity index (χ1n) is 5.54. The van der Waals surface area contributed by atoms with Crippen LogP contribution < -0.4 is 5.32 Å². The van der Waals surface area contributed by atoms with Crippen LogP contribution in [0.5, 0.6) is 0 Å². The van der Waals surface area contributed by atoms with E-state index in [-0.39, 0.29) is 5.91 Å². The number of rotatable bonds is 3. The van der Waals surface area contributed by atoms with Crippen molar-refractivity contribution in [2.24, 2.45) is 0 Å². The van der Waals surface area contributed by atoms with Crippen LogP contribution in [0.2, 0.25) is 15.1 Å². The zero-order valence-electron chi connectivity index (χ0n) is 9.79. The third kappa shape index (κ3) is 3.63. The lowest BCUT2D eigenvalue weighted by Gasteiger charge is -2.08. The van der Waals surface area contributed by atoms with Crippen LogP contribution in [0.3, 0.4) is 0 Å². The molecule has 2 rings (SSSR count). The fraction of sp³-hybridized carbons (Fsp3) is 0.0714. The lowest BCUT2D eigenvalue weighted by atomic mass is 10.2. The van der Waals surface area contributed by atoms with Crippen molar-refractivity contribution in [2.45, 2.75) is 6.54 Å². The van der Waals surface area contributed by atoms with Crippen molar-refractivity contribution in [1.82, 2.24) is 5.32 Å². The largest absolute Gasteiger partial charge is 0.348 e. The van der Waals surface area contributed by atoms with E-state index < -0.39 is 0 Å². The molecular formula is C14H10Cl3NO. The first kappa shape index (κ1) is 14.2. The molecule has 0 saturated heterocycles. The Kier molecular flexibility index (Phi) is 4.70. The second kappa shape index (κ2) is 6.29. The molecule has 0 aliphatic heterocycles. The highest BCUT2D eigenvalue weighted by atomic mass is 35.5. The molecule has 1 amide bonds. The molecule has 0 spiro atoms. The molecule has 0 unspecified atom stereocenters. The van der Waals surface area contributed by atoms with Crippen molar-refractivity contribution in [3.05, 3.63) is 68.7 Å². The van der Waals surface area contributed by atoms with Crippen LogP contribution in [0.25, 0.3) is 0 Å². The molecule has 0 aliphatic carbocycles. The van der Waals surface area contributed by atoms with Crippen molar-refractivity contribution in [1.29, 1.82) is 0 Å². The summed E-state index contributed by atoms with van der Waals surface area (Å²) in [6, 6.07) is 12.2. The van der Waals surface area contributed by atoms with Crippen molar-refractivity contribution >= 4 is 40.7 Å². The predicted molar refractivity (Wildman–Crippen MR) is 79.1 cm³/mol. The number of amides is 1. The van der Waals surface area contributed by atoms with E-state index in [0.717, 1.165) is 5.56 Å². The fourth-order valence-corrected chi connectivity index (χ4v) is 2.28. The van der Waals surface area contributed by atoms with Crippen LogP contribution in [0.15, 0.2) is 42.5 Å². The third-order valence-corrected chi connectivity index (χ3v) is 3.44. The maximum absolute atomic E-state index is 12.0. The molecule has 0 radical (unpaired) electrons. The van der Waals surface area contributed by atoms with Gasteiger partial charge in [-0.1, -0.05) is 53.0 Å². The Balaban J connectivity index is 2.07. The standard InChI is InChI=1S/C14H10Cl3NO/c15-10-6-4-9(5-7-10)8-18-14(19)13-11(16)2-1-3-12(13)17/h1-7H,8H2,(H,18,19). The minimum Gasteiger partial charge on any atom is -0.348 e. The summed E-state index contributed by atoms with van der Waals surface area (Å²) in [5.74, 6) is -0.300. The highest BCUT2D eigenvalue weighted by Crippen LogP contribution is 2.24. The highest BCUT2D eigenvalue weighted by Gasteiger charge is 2.13. The average Bonchev–Trinajstić information content (AvgIpc) is 2.38. The zero-order valence-corrected chi connectivity index (χ0v) is 12.1. The van der Waals surface area contributed by atoms with Crippen LogP contribution in [0.4, 0.5) is 0 Å². The summed E-state index contributed by atoms with van der Waals surface area (Å²) in [6.07, 6.45) is 0. The molecule has 0 fully saturated rings. The summed E-state index contributed by atoms with van der Waals surface area (Å²) in [6.45, 7) is 0.386. The van der Waals surface area contributed by atoms with Crippen LogP contribution in [0, 0.1) is 0 Å². The van der Waals surface area contributed by atoms with E-state index in [9.17, 15) is 4.79 Å². The van der Waals surface area contributed by atoms with Crippen LogP contribution in [-0.2, 0) is 6.54 Å². The van der Waals surface area contributed by atoms with E-state index in [4.69, 9.17) is 34.8 Å². The van der Waals surface area contributed by atoms with Crippen LogP contribution >= 0.6 is 34.8 Å². The number of hydrogen-bond acceptors (Lipinski definition) is 1. The van der Waals surface area contributed by atoms with E-state index >= 15 is 0 Å². The van der Waals surface area contributed by atoms with Gasteiger partial charge in [-0.3, -0.25) is 4.79 Å². The number of hydrogen-bond donors (Lipinski definition) is 1. The van der Waals surface area contributed by atoms with Crippen LogP contribution in [-0.4, -0.2) is 5.91 Å². The van der Waals surface area contributed by atoms with E-state index in [1.165, 1.54) is 0 Å². The summed E-state index contributed by atoms with van der Waals surface area (Å²) in [7, 11) is 0. The summed E-state index contributed by atoms with van der Waals surface area (Å²) in [5.41, 5.74) is 1.24. The van der Waals surface area contributed by atoms with Crippen molar-refractivity contribution in [2.75, 3.05) is 0 Å². The van der Waals surface area contributed by atoms with Gasteiger partial charge in [0, 0.05) is 11.6 Å². The summed E-state index contributed by atoms with van der Waals surface area (Å²) in [4.78, 5) is 12.0. The Morgan fingerprint density at radius 1 is 0.947 bits per heavy atom. The molecule has 1 N–H and O–H groups in total. The number of carbonyl (C=O) groups excluding carboxylic acids is 1. The molecule has 2 aromatic rings. The van der Waals surface area contributed by atoms with Gasteiger partial charge in [0.25, 0.3) is 5.91 Å². The second-order valence-electron chi connectivity index (χ2n) is 3.91.